The van der Waals surface area contributed by atoms with E-state index in [1.54, 1.807) is 6.08 Å². The highest BCUT2D eigenvalue weighted by Gasteiger charge is 2.53. The molecule has 0 radical (unpaired) electrons. The van der Waals surface area contributed by atoms with Crippen LogP contribution < -0.4 is 5.32 Å². The van der Waals surface area contributed by atoms with E-state index in [9.17, 15) is 61.0 Å². The zero-order valence-corrected chi connectivity index (χ0v) is 51.2. The predicted octanol–water partition coefficient (Wildman–Crippen LogP) is 7.49. The summed E-state index contributed by atoms with van der Waals surface area (Å²) in [4.78, 5) is 13.3. The van der Waals surface area contributed by atoms with Gasteiger partial charge < -0.3 is 89.9 Å². The molecule has 1 amide bonds. The van der Waals surface area contributed by atoms with Gasteiger partial charge in [0, 0.05) is 6.42 Å². The van der Waals surface area contributed by atoms with Crippen LogP contribution in [-0.4, -0.2) is 193 Å². The molecule has 488 valence electrons. The first kappa shape index (κ1) is 75.5. The molecule has 0 spiro atoms. The Morgan fingerprint density at radius 1 is 0.422 bits per heavy atom. The van der Waals surface area contributed by atoms with Crippen LogP contribution >= 0.6 is 0 Å². The molecule has 3 saturated heterocycles. The summed E-state index contributed by atoms with van der Waals surface area (Å²) >= 11 is 0. The smallest absolute Gasteiger partial charge is 0.220 e. The number of aliphatic hydroxyl groups excluding tert-OH is 11. The van der Waals surface area contributed by atoms with Crippen LogP contribution in [0.1, 0.15) is 245 Å². The van der Waals surface area contributed by atoms with E-state index < -0.39 is 124 Å². The molecule has 3 fully saturated rings. The first-order valence-corrected chi connectivity index (χ1v) is 33.1. The van der Waals surface area contributed by atoms with E-state index in [-0.39, 0.29) is 18.9 Å². The summed E-state index contributed by atoms with van der Waals surface area (Å²) in [6, 6.07) is -0.985. The molecule has 0 aromatic heterocycles. The van der Waals surface area contributed by atoms with E-state index in [1.165, 1.54) is 173 Å². The number of ether oxygens (including phenoxy) is 6. The van der Waals surface area contributed by atoms with Gasteiger partial charge in [0.1, 0.15) is 73.2 Å². The molecule has 17 atom stereocenters. The summed E-state index contributed by atoms with van der Waals surface area (Å²) in [5.41, 5.74) is 0. The molecule has 3 heterocycles. The number of allylic oxidation sites excluding steroid dienone is 3. The van der Waals surface area contributed by atoms with Gasteiger partial charge in [0.2, 0.25) is 5.91 Å². The highest BCUT2D eigenvalue weighted by atomic mass is 16.8. The van der Waals surface area contributed by atoms with Crippen LogP contribution in [0.4, 0.5) is 0 Å². The maximum Gasteiger partial charge on any atom is 0.220 e. The molecule has 19 heteroatoms. The van der Waals surface area contributed by atoms with Gasteiger partial charge in [-0.15, -0.1) is 0 Å². The Balaban J connectivity index is 1.46. The summed E-state index contributed by atoms with van der Waals surface area (Å²) in [7, 11) is 0. The maximum absolute atomic E-state index is 13.3. The zero-order chi connectivity index (χ0) is 60.5. The van der Waals surface area contributed by atoms with Crippen LogP contribution in [0.3, 0.4) is 0 Å². The Hall–Kier alpha value is -1.73. The SMILES string of the molecule is CCCCCCCCCCCCCCCCCCCC/C=C/CC/C=C/C(O)C(COC1OC(CO)C(OC2OC(CO)C(OC3OC(CO)C(O)C(O)C3O)C(O)C2O)C(O)C1O)NC(=O)CCCCCCCCCCCCCCCC. The van der Waals surface area contributed by atoms with Gasteiger partial charge in [-0.05, 0) is 32.1 Å². The lowest BCUT2D eigenvalue weighted by Crippen LogP contribution is -2.66. The predicted molar refractivity (Wildman–Crippen MR) is 319 cm³/mol. The highest BCUT2D eigenvalue weighted by Crippen LogP contribution is 2.33. The van der Waals surface area contributed by atoms with E-state index in [0.29, 0.717) is 12.8 Å². The number of hydrogen-bond donors (Lipinski definition) is 12. The summed E-state index contributed by atoms with van der Waals surface area (Å²) in [6.07, 6.45) is 24.5. The van der Waals surface area contributed by atoms with E-state index in [4.69, 9.17) is 28.4 Å². The fourth-order valence-electron chi connectivity index (χ4n) is 11.3. The first-order chi connectivity index (χ1) is 40.3. The van der Waals surface area contributed by atoms with Crippen molar-refractivity contribution in [2.24, 2.45) is 0 Å². The van der Waals surface area contributed by atoms with Crippen molar-refractivity contribution in [2.45, 2.75) is 349 Å². The number of carbonyl (C=O) groups is 1. The van der Waals surface area contributed by atoms with Crippen molar-refractivity contribution < 1.29 is 89.4 Å². The number of rotatable bonds is 50. The van der Waals surface area contributed by atoms with E-state index in [0.717, 1.165) is 38.5 Å². The first-order valence-electron chi connectivity index (χ1n) is 33.1. The van der Waals surface area contributed by atoms with Crippen molar-refractivity contribution >= 4 is 5.91 Å². The van der Waals surface area contributed by atoms with Gasteiger partial charge in [-0.3, -0.25) is 4.79 Å². The minimum absolute atomic E-state index is 0.240. The Bertz CT molecular complexity index is 1610. The molecule has 0 aliphatic carbocycles. The van der Waals surface area contributed by atoms with Gasteiger partial charge >= 0.3 is 0 Å². The molecular weight excluding hydrogens is 1070 g/mol. The van der Waals surface area contributed by atoms with Gasteiger partial charge in [-0.1, -0.05) is 231 Å². The van der Waals surface area contributed by atoms with Crippen LogP contribution in [0, 0.1) is 0 Å². The fraction of sp³-hybridized carbons (Fsp3) is 0.922. The van der Waals surface area contributed by atoms with Crippen molar-refractivity contribution in [3.8, 4) is 0 Å². The molecule has 12 N–H and O–H groups in total. The Kier molecular flexibility index (Phi) is 43.0. The fourth-order valence-corrected chi connectivity index (χ4v) is 11.3. The van der Waals surface area contributed by atoms with E-state index in [1.807, 2.05) is 6.08 Å². The van der Waals surface area contributed by atoms with Gasteiger partial charge in [0.25, 0.3) is 0 Å². The summed E-state index contributed by atoms with van der Waals surface area (Å²) in [5, 5.41) is 120. The standard InChI is InChI=1S/C64H119NO18/c1-3-5-7-9-11-13-15-17-19-20-21-22-23-24-25-26-27-28-29-31-33-35-37-39-41-48(69)47(65-52(70)42-40-38-36-34-32-30-18-16-14-12-10-8-6-4-2)46-78-62-58(76)55(73)60(50(44-67)80-62)83-64-59(77)56(74)61(51(45-68)81-64)82-63-57(75)54(72)53(71)49(43-66)79-63/h31,33,39,41,47-51,53-64,66-69,71-77H,3-30,32,34-38,40,42-46H2,1-2H3,(H,65,70)/b33-31+,41-39+. The number of hydrogen-bond acceptors (Lipinski definition) is 18. The lowest BCUT2D eigenvalue weighted by molar-refractivity contribution is -0.379. The number of carbonyl (C=O) groups excluding carboxylic acids is 1. The van der Waals surface area contributed by atoms with Crippen molar-refractivity contribution in [3.63, 3.8) is 0 Å². The molecule has 3 aliphatic heterocycles. The molecule has 0 aromatic rings. The molecule has 3 rings (SSSR count). The van der Waals surface area contributed by atoms with Crippen LogP contribution in [-0.2, 0) is 33.2 Å². The largest absolute Gasteiger partial charge is 0.394 e. The minimum Gasteiger partial charge on any atom is -0.394 e. The molecular formula is C64H119NO18. The molecule has 0 saturated carbocycles. The van der Waals surface area contributed by atoms with Gasteiger partial charge in [0.15, 0.2) is 18.9 Å². The molecule has 3 aliphatic rings. The highest BCUT2D eigenvalue weighted by molar-refractivity contribution is 5.76. The molecule has 83 heavy (non-hydrogen) atoms. The average Bonchev–Trinajstić information content (AvgIpc) is 3.35. The van der Waals surface area contributed by atoms with Crippen molar-refractivity contribution in [1.29, 1.82) is 0 Å². The second kappa shape index (κ2) is 47.3. The summed E-state index contributed by atoms with van der Waals surface area (Å²) in [5.74, 6) is -0.283. The molecule has 0 aromatic carbocycles. The van der Waals surface area contributed by atoms with Crippen molar-refractivity contribution in [3.05, 3.63) is 24.3 Å². The van der Waals surface area contributed by atoms with E-state index in [2.05, 4.69) is 31.3 Å². The zero-order valence-electron chi connectivity index (χ0n) is 51.2. The van der Waals surface area contributed by atoms with Crippen LogP contribution in [0.5, 0.6) is 0 Å². The third kappa shape index (κ3) is 30.4. The van der Waals surface area contributed by atoms with Crippen LogP contribution in [0.15, 0.2) is 24.3 Å². The Labute approximate surface area is 498 Å². The second-order valence-corrected chi connectivity index (χ2v) is 23.9. The molecule has 17 unspecified atom stereocenters. The topological polar surface area (TPSA) is 307 Å². The van der Waals surface area contributed by atoms with E-state index >= 15 is 0 Å². The third-order valence-corrected chi connectivity index (χ3v) is 16.8. The average molecular weight is 1190 g/mol. The van der Waals surface area contributed by atoms with Crippen LogP contribution in [0.2, 0.25) is 0 Å². The Morgan fingerprint density at radius 2 is 0.771 bits per heavy atom. The summed E-state index contributed by atoms with van der Waals surface area (Å²) < 4.78 is 34.3. The van der Waals surface area contributed by atoms with Gasteiger partial charge in [-0.2, -0.15) is 0 Å². The van der Waals surface area contributed by atoms with Gasteiger partial charge in [0.05, 0.1) is 38.6 Å². The quantitative estimate of drug-likeness (QED) is 0.0207. The third-order valence-electron chi connectivity index (χ3n) is 16.8. The van der Waals surface area contributed by atoms with Gasteiger partial charge in [-0.25, -0.2) is 0 Å². The number of unbranched alkanes of at least 4 members (excludes halogenated alkanes) is 32. The molecule has 0 bridgehead atoms. The number of nitrogens with one attached hydrogen (secondary N) is 1. The normalized spacial score (nSPS) is 29.5. The lowest BCUT2D eigenvalue weighted by Gasteiger charge is -2.48. The Morgan fingerprint density at radius 3 is 1.20 bits per heavy atom. The second-order valence-electron chi connectivity index (χ2n) is 23.9. The minimum atomic E-state index is -1.98. The molecule has 19 nitrogen and oxygen atoms in total. The van der Waals surface area contributed by atoms with Crippen molar-refractivity contribution in [1.82, 2.24) is 5.32 Å². The number of amides is 1. The monoisotopic (exact) mass is 1190 g/mol. The lowest BCUT2D eigenvalue weighted by atomic mass is 9.96. The maximum atomic E-state index is 13.3. The van der Waals surface area contributed by atoms with Crippen LogP contribution in [0.25, 0.3) is 0 Å². The summed E-state index contributed by atoms with van der Waals surface area (Å²) in [6.45, 7) is 1.73. The van der Waals surface area contributed by atoms with Crippen molar-refractivity contribution in [2.75, 3.05) is 26.4 Å². The number of aliphatic hydroxyl groups is 11.